The predicted octanol–water partition coefficient (Wildman–Crippen LogP) is 1.98. The van der Waals surface area contributed by atoms with Crippen molar-refractivity contribution in [1.29, 1.82) is 0 Å². The molecule has 128 valence electrons. The van der Waals surface area contributed by atoms with Gasteiger partial charge in [0.2, 0.25) is 0 Å². The Labute approximate surface area is 142 Å². The van der Waals surface area contributed by atoms with Crippen LogP contribution in [0.5, 0.6) is 5.75 Å². The van der Waals surface area contributed by atoms with Gasteiger partial charge in [-0.15, -0.1) is 0 Å². The Kier molecular flexibility index (Phi) is 5.14. The van der Waals surface area contributed by atoms with E-state index in [4.69, 9.17) is 4.74 Å². The summed E-state index contributed by atoms with van der Waals surface area (Å²) in [6.07, 6.45) is 1.62. The SMILES string of the molecule is C[C@]1(O)CCN(Cc2cccc(OCc3ccccn3)c2)C[C@@H]1O. The Bertz CT molecular complexity index is 661. The van der Waals surface area contributed by atoms with Crippen LogP contribution in [0, 0.1) is 0 Å². The van der Waals surface area contributed by atoms with Crippen LogP contribution in [0.25, 0.3) is 0 Å². The van der Waals surface area contributed by atoms with E-state index in [9.17, 15) is 10.2 Å². The maximum atomic E-state index is 10.0. The van der Waals surface area contributed by atoms with Crippen LogP contribution < -0.4 is 4.74 Å². The molecular weight excluding hydrogens is 304 g/mol. The molecule has 0 bridgehead atoms. The number of hydrogen-bond acceptors (Lipinski definition) is 5. The molecule has 5 nitrogen and oxygen atoms in total. The van der Waals surface area contributed by atoms with Gasteiger partial charge >= 0.3 is 0 Å². The molecule has 2 N–H and O–H groups in total. The molecule has 2 atom stereocenters. The highest BCUT2D eigenvalue weighted by Gasteiger charge is 2.36. The Hall–Kier alpha value is -1.95. The van der Waals surface area contributed by atoms with Gasteiger partial charge in [-0.05, 0) is 43.2 Å². The Morgan fingerprint density at radius 3 is 2.92 bits per heavy atom. The Morgan fingerprint density at radius 2 is 2.17 bits per heavy atom. The summed E-state index contributed by atoms with van der Waals surface area (Å²) in [4.78, 5) is 6.40. The van der Waals surface area contributed by atoms with Gasteiger partial charge < -0.3 is 14.9 Å². The zero-order chi connectivity index (χ0) is 17.0. The molecule has 0 spiro atoms. The number of likely N-dealkylation sites (tertiary alicyclic amines) is 1. The second-order valence-corrected chi connectivity index (χ2v) is 6.62. The van der Waals surface area contributed by atoms with Crippen LogP contribution >= 0.6 is 0 Å². The van der Waals surface area contributed by atoms with Gasteiger partial charge in [0.1, 0.15) is 12.4 Å². The van der Waals surface area contributed by atoms with Crippen LogP contribution in [0.3, 0.4) is 0 Å². The second-order valence-electron chi connectivity index (χ2n) is 6.62. The molecule has 1 saturated heterocycles. The topological polar surface area (TPSA) is 65.8 Å². The monoisotopic (exact) mass is 328 g/mol. The first kappa shape index (κ1) is 16.9. The molecule has 5 heteroatoms. The van der Waals surface area contributed by atoms with E-state index >= 15 is 0 Å². The number of ether oxygens (including phenoxy) is 1. The summed E-state index contributed by atoms with van der Waals surface area (Å²) in [6, 6.07) is 13.7. The van der Waals surface area contributed by atoms with Gasteiger partial charge in [0.25, 0.3) is 0 Å². The summed E-state index contributed by atoms with van der Waals surface area (Å²) in [5.74, 6) is 0.808. The number of rotatable bonds is 5. The number of pyridine rings is 1. The fraction of sp³-hybridized carbons (Fsp3) is 0.421. The fourth-order valence-electron chi connectivity index (χ4n) is 2.86. The smallest absolute Gasteiger partial charge is 0.130 e. The number of aliphatic hydroxyl groups excluding tert-OH is 1. The van der Waals surface area contributed by atoms with Gasteiger partial charge in [-0.2, -0.15) is 0 Å². The zero-order valence-corrected chi connectivity index (χ0v) is 13.9. The summed E-state index contributed by atoms with van der Waals surface area (Å²) in [7, 11) is 0. The molecule has 2 heterocycles. The molecule has 0 radical (unpaired) electrons. The van der Waals surface area contributed by atoms with Gasteiger partial charge in [0.15, 0.2) is 0 Å². The minimum atomic E-state index is -0.982. The summed E-state index contributed by atoms with van der Waals surface area (Å²) in [5, 5.41) is 20.1. The van der Waals surface area contributed by atoms with Crippen molar-refractivity contribution in [2.75, 3.05) is 13.1 Å². The van der Waals surface area contributed by atoms with Crippen molar-refractivity contribution in [2.24, 2.45) is 0 Å². The van der Waals surface area contributed by atoms with Gasteiger partial charge in [-0.3, -0.25) is 9.88 Å². The maximum Gasteiger partial charge on any atom is 0.130 e. The van der Waals surface area contributed by atoms with Crippen molar-refractivity contribution in [3.05, 3.63) is 59.9 Å². The average Bonchev–Trinajstić information content (AvgIpc) is 2.58. The average molecular weight is 328 g/mol. The number of hydrogen-bond donors (Lipinski definition) is 2. The van der Waals surface area contributed by atoms with Crippen LogP contribution in [0.2, 0.25) is 0 Å². The molecular formula is C19H24N2O3. The molecule has 0 aliphatic carbocycles. The first-order chi connectivity index (χ1) is 11.5. The van der Waals surface area contributed by atoms with Crippen molar-refractivity contribution in [1.82, 2.24) is 9.88 Å². The lowest BCUT2D eigenvalue weighted by atomic mass is 9.90. The van der Waals surface area contributed by atoms with Crippen LogP contribution in [0.15, 0.2) is 48.7 Å². The molecule has 0 amide bonds. The summed E-state index contributed by atoms with van der Waals surface area (Å²) >= 11 is 0. The minimum absolute atomic E-state index is 0.440. The normalized spacial score (nSPS) is 24.7. The van der Waals surface area contributed by atoms with Gasteiger partial charge in [0, 0.05) is 25.8 Å². The Balaban J connectivity index is 1.57. The number of β-amino-alcohol motifs (C(OH)–C–C–N with tert-alkyl or cyclic N) is 1. The maximum absolute atomic E-state index is 10.0. The van der Waals surface area contributed by atoms with Crippen molar-refractivity contribution < 1.29 is 14.9 Å². The minimum Gasteiger partial charge on any atom is -0.487 e. The largest absolute Gasteiger partial charge is 0.487 e. The van der Waals surface area contributed by atoms with Crippen LogP contribution in [-0.2, 0) is 13.2 Å². The molecule has 1 aromatic carbocycles. The number of nitrogens with zero attached hydrogens (tertiary/aromatic N) is 2. The van der Waals surface area contributed by atoms with E-state index in [1.165, 1.54) is 0 Å². The number of piperidine rings is 1. The molecule has 1 aliphatic rings. The standard InChI is InChI=1S/C19H24N2O3/c1-19(23)8-10-21(13-18(19)22)12-15-5-4-7-17(11-15)24-14-16-6-2-3-9-20-16/h2-7,9,11,18,22-23H,8,10,12-14H2,1H3/t18-,19-/m0/s1. The first-order valence-corrected chi connectivity index (χ1v) is 8.27. The number of aromatic nitrogens is 1. The first-order valence-electron chi connectivity index (χ1n) is 8.27. The van der Waals surface area contributed by atoms with E-state index in [0.29, 0.717) is 19.6 Å². The third kappa shape index (κ3) is 4.32. The summed E-state index contributed by atoms with van der Waals surface area (Å²) < 4.78 is 5.81. The van der Waals surface area contributed by atoms with E-state index in [0.717, 1.165) is 30.1 Å². The molecule has 0 unspecified atom stereocenters. The fourth-order valence-corrected chi connectivity index (χ4v) is 2.86. The lowest BCUT2D eigenvalue weighted by molar-refractivity contribution is -0.108. The molecule has 3 rings (SSSR count). The number of aliphatic hydroxyl groups is 2. The predicted molar refractivity (Wildman–Crippen MR) is 91.5 cm³/mol. The van der Waals surface area contributed by atoms with Crippen molar-refractivity contribution in [3.63, 3.8) is 0 Å². The molecule has 0 saturated carbocycles. The second kappa shape index (κ2) is 7.30. The third-order valence-corrected chi connectivity index (χ3v) is 4.50. The van der Waals surface area contributed by atoms with E-state index in [1.54, 1.807) is 13.1 Å². The van der Waals surface area contributed by atoms with Gasteiger partial charge in [-0.25, -0.2) is 0 Å². The number of benzene rings is 1. The zero-order valence-electron chi connectivity index (χ0n) is 13.9. The molecule has 1 aromatic heterocycles. The molecule has 1 aliphatic heterocycles. The van der Waals surface area contributed by atoms with E-state index in [-0.39, 0.29) is 0 Å². The van der Waals surface area contributed by atoms with Crippen molar-refractivity contribution in [2.45, 2.75) is 38.2 Å². The molecule has 2 aromatic rings. The van der Waals surface area contributed by atoms with Crippen LogP contribution in [0.4, 0.5) is 0 Å². The highest BCUT2D eigenvalue weighted by Crippen LogP contribution is 2.24. The van der Waals surface area contributed by atoms with Gasteiger partial charge in [-0.1, -0.05) is 18.2 Å². The van der Waals surface area contributed by atoms with Crippen molar-refractivity contribution in [3.8, 4) is 5.75 Å². The summed E-state index contributed by atoms with van der Waals surface area (Å²) in [5.41, 5.74) is 1.04. The quantitative estimate of drug-likeness (QED) is 0.878. The van der Waals surface area contributed by atoms with E-state index in [2.05, 4.69) is 9.88 Å². The van der Waals surface area contributed by atoms with Crippen LogP contribution in [-0.4, -0.2) is 44.9 Å². The van der Waals surface area contributed by atoms with E-state index in [1.807, 2.05) is 42.5 Å². The highest BCUT2D eigenvalue weighted by molar-refractivity contribution is 5.28. The van der Waals surface area contributed by atoms with Gasteiger partial charge in [0.05, 0.1) is 17.4 Å². The highest BCUT2D eigenvalue weighted by atomic mass is 16.5. The lowest BCUT2D eigenvalue weighted by Gasteiger charge is -2.40. The Morgan fingerprint density at radius 1 is 1.29 bits per heavy atom. The lowest BCUT2D eigenvalue weighted by Crippen LogP contribution is -2.53. The van der Waals surface area contributed by atoms with E-state index < -0.39 is 11.7 Å². The molecule has 1 fully saturated rings. The van der Waals surface area contributed by atoms with Crippen molar-refractivity contribution >= 4 is 0 Å². The third-order valence-electron chi connectivity index (χ3n) is 4.50. The van der Waals surface area contributed by atoms with Crippen LogP contribution in [0.1, 0.15) is 24.6 Å². The molecule has 24 heavy (non-hydrogen) atoms. The summed E-state index contributed by atoms with van der Waals surface area (Å²) in [6.45, 7) is 4.11.